The Morgan fingerprint density at radius 2 is 1.38 bits per heavy atom. The van der Waals surface area contributed by atoms with Crippen LogP contribution in [-0.2, 0) is 0 Å². The van der Waals surface area contributed by atoms with E-state index in [1.54, 1.807) is 0 Å². The molecule has 0 spiro atoms. The van der Waals surface area contributed by atoms with Gasteiger partial charge in [-0.15, -0.1) is 0 Å². The molecule has 1 nitrogen and oxygen atoms in total. The van der Waals surface area contributed by atoms with Crippen LogP contribution in [0.15, 0.2) is 0 Å². The summed E-state index contributed by atoms with van der Waals surface area (Å²) >= 11 is 0. The first-order valence-electron chi connectivity index (χ1n) is 5.59. The molecule has 0 aromatic rings. The van der Waals surface area contributed by atoms with Gasteiger partial charge in [-0.2, -0.15) is 0 Å². The Morgan fingerprint density at radius 1 is 0.923 bits per heavy atom. The minimum Gasteiger partial charge on any atom is -0.393 e. The summed E-state index contributed by atoms with van der Waals surface area (Å²) in [5.74, 6) is 2.02. The molecule has 0 saturated carbocycles. The lowest BCUT2D eigenvalue weighted by atomic mass is 9.79. The predicted molar refractivity (Wildman–Crippen MR) is 58.6 cm³/mol. The van der Waals surface area contributed by atoms with Gasteiger partial charge in [-0.25, -0.2) is 0 Å². The van der Waals surface area contributed by atoms with Crippen LogP contribution in [0, 0.1) is 23.7 Å². The maximum absolute atomic E-state index is 10.1. The smallest absolute Gasteiger partial charge is 0.0596 e. The van der Waals surface area contributed by atoms with Gasteiger partial charge < -0.3 is 5.11 Å². The van der Waals surface area contributed by atoms with Crippen LogP contribution in [0.3, 0.4) is 0 Å². The van der Waals surface area contributed by atoms with Gasteiger partial charge in [-0.05, 0) is 23.7 Å². The summed E-state index contributed by atoms with van der Waals surface area (Å²) in [6.45, 7) is 13.1. The Balaban J connectivity index is 4.15. The lowest BCUT2D eigenvalue weighted by Crippen LogP contribution is -2.32. The molecule has 13 heavy (non-hydrogen) atoms. The second-order valence-corrected chi connectivity index (χ2v) is 4.84. The molecule has 0 aliphatic carbocycles. The fourth-order valence-electron chi connectivity index (χ4n) is 1.58. The molecule has 0 aromatic heterocycles. The van der Waals surface area contributed by atoms with E-state index in [2.05, 4.69) is 41.5 Å². The molecule has 0 amide bonds. The molecular formula is C12H26O. The highest BCUT2D eigenvalue weighted by Gasteiger charge is 2.26. The zero-order valence-corrected chi connectivity index (χ0v) is 10.0. The van der Waals surface area contributed by atoms with E-state index in [9.17, 15) is 5.11 Å². The summed E-state index contributed by atoms with van der Waals surface area (Å²) in [5.41, 5.74) is 0. The molecular weight excluding hydrogens is 160 g/mol. The zero-order valence-electron chi connectivity index (χ0n) is 10.0. The minimum atomic E-state index is -0.144. The average Bonchev–Trinajstić information content (AvgIpc) is 2.12. The lowest BCUT2D eigenvalue weighted by Gasteiger charge is -2.30. The van der Waals surface area contributed by atoms with Gasteiger partial charge in [0.1, 0.15) is 0 Å². The maximum atomic E-state index is 10.1. The van der Waals surface area contributed by atoms with Crippen LogP contribution in [0.2, 0.25) is 0 Å². The summed E-state index contributed by atoms with van der Waals surface area (Å²) in [7, 11) is 0. The maximum Gasteiger partial charge on any atom is 0.0596 e. The molecule has 4 unspecified atom stereocenters. The van der Waals surface area contributed by atoms with E-state index in [4.69, 9.17) is 0 Å². The van der Waals surface area contributed by atoms with E-state index in [1.165, 1.54) is 0 Å². The van der Waals surface area contributed by atoms with Crippen LogP contribution < -0.4 is 0 Å². The monoisotopic (exact) mass is 186 g/mol. The van der Waals surface area contributed by atoms with Crippen LogP contribution in [0.5, 0.6) is 0 Å². The molecule has 0 aromatic carbocycles. The molecule has 0 saturated heterocycles. The van der Waals surface area contributed by atoms with Gasteiger partial charge >= 0.3 is 0 Å². The van der Waals surface area contributed by atoms with Crippen molar-refractivity contribution in [2.75, 3.05) is 0 Å². The molecule has 0 heterocycles. The van der Waals surface area contributed by atoms with Gasteiger partial charge in [-0.3, -0.25) is 0 Å². The normalized spacial score (nSPS) is 21.2. The summed E-state index contributed by atoms with van der Waals surface area (Å²) in [6.07, 6.45) is 1.01. The Hall–Kier alpha value is -0.0400. The second kappa shape index (κ2) is 5.64. The first-order valence-corrected chi connectivity index (χ1v) is 5.59. The number of rotatable bonds is 5. The first kappa shape index (κ1) is 13.0. The largest absolute Gasteiger partial charge is 0.393 e. The van der Waals surface area contributed by atoms with Gasteiger partial charge in [-0.1, -0.05) is 48.0 Å². The molecule has 0 aliphatic rings. The van der Waals surface area contributed by atoms with E-state index in [0.29, 0.717) is 23.7 Å². The number of hydrogen-bond acceptors (Lipinski definition) is 1. The van der Waals surface area contributed by atoms with Crippen molar-refractivity contribution in [2.45, 2.75) is 54.1 Å². The highest BCUT2D eigenvalue weighted by molar-refractivity contribution is 4.75. The fourth-order valence-corrected chi connectivity index (χ4v) is 1.58. The topological polar surface area (TPSA) is 20.2 Å². The fraction of sp³-hybridized carbons (Fsp3) is 1.00. The lowest BCUT2D eigenvalue weighted by molar-refractivity contribution is 0.0232. The van der Waals surface area contributed by atoms with Gasteiger partial charge in [0, 0.05) is 0 Å². The number of aliphatic hydroxyl groups excluding tert-OH is 1. The van der Waals surface area contributed by atoms with E-state index in [0.717, 1.165) is 6.42 Å². The van der Waals surface area contributed by atoms with Crippen molar-refractivity contribution in [3.05, 3.63) is 0 Å². The Labute approximate surface area is 83.5 Å². The van der Waals surface area contributed by atoms with Crippen molar-refractivity contribution in [3.8, 4) is 0 Å². The van der Waals surface area contributed by atoms with Crippen LogP contribution in [0.1, 0.15) is 48.0 Å². The quantitative estimate of drug-likeness (QED) is 0.698. The van der Waals surface area contributed by atoms with Gasteiger partial charge in [0.2, 0.25) is 0 Å². The third-order valence-electron chi connectivity index (χ3n) is 3.67. The summed E-state index contributed by atoms with van der Waals surface area (Å²) in [4.78, 5) is 0. The molecule has 4 atom stereocenters. The highest BCUT2D eigenvalue weighted by Crippen LogP contribution is 2.26. The highest BCUT2D eigenvalue weighted by atomic mass is 16.3. The SMILES string of the molecule is CCC(C)C(C)C(O)C(C)C(C)C. The first-order chi connectivity index (χ1) is 5.91. The average molecular weight is 186 g/mol. The van der Waals surface area contributed by atoms with Crippen molar-refractivity contribution in [2.24, 2.45) is 23.7 Å². The van der Waals surface area contributed by atoms with Crippen molar-refractivity contribution in [1.29, 1.82) is 0 Å². The van der Waals surface area contributed by atoms with E-state index >= 15 is 0 Å². The summed E-state index contributed by atoms with van der Waals surface area (Å²) in [6, 6.07) is 0. The van der Waals surface area contributed by atoms with E-state index < -0.39 is 0 Å². The standard InChI is InChI=1S/C12H26O/c1-7-9(4)11(6)12(13)10(5)8(2)3/h8-13H,7H2,1-6H3. The number of aliphatic hydroxyl groups is 1. The van der Waals surface area contributed by atoms with E-state index in [-0.39, 0.29) is 6.10 Å². The minimum absolute atomic E-state index is 0.144. The van der Waals surface area contributed by atoms with Crippen molar-refractivity contribution in [1.82, 2.24) is 0 Å². The molecule has 0 bridgehead atoms. The molecule has 1 N–H and O–H groups in total. The Bertz CT molecular complexity index is 131. The molecule has 1 heteroatoms. The van der Waals surface area contributed by atoms with Gasteiger partial charge in [0.05, 0.1) is 6.10 Å². The predicted octanol–water partition coefficient (Wildman–Crippen LogP) is 3.32. The molecule has 0 aliphatic heterocycles. The van der Waals surface area contributed by atoms with Crippen molar-refractivity contribution in [3.63, 3.8) is 0 Å². The third kappa shape index (κ3) is 3.68. The van der Waals surface area contributed by atoms with E-state index in [1.807, 2.05) is 0 Å². The summed E-state index contributed by atoms with van der Waals surface area (Å²) < 4.78 is 0. The summed E-state index contributed by atoms with van der Waals surface area (Å²) in [5, 5.41) is 10.1. The van der Waals surface area contributed by atoms with Crippen LogP contribution in [0.4, 0.5) is 0 Å². The van der Waals surface area contributed by atoms with Gasteiger partial charge in [0.15, 0.2) is 0 Å². The third-order valence-corrected chi connectivity index (χ3v) is 3.67. The number of hydrogen-bond donors (Lipinski definition) is 1. The van der Waals surface area contributed by atoms with Crippen molar-refractivity contribution >= 4 is 0 Å². The molecule has 80 valence electrons. The molecule has 0 radical (unpaired) electrons. The van der Waals surface area contributed by atoms with Crippen molar-refractivity contribution < 1.29 is 5.11 Å². The van der Waals surface area contributed by atoms with Crippen LogP contribution >= 0.6 is 0 Å². The van der Waals surface area contributed by atoms with Gasteiger partial charge in [0.25, 0.3) is 0 Å². The Kier molecular flexibility index (Phi) is 5.62. The zero-order chi connectivity index (χ0) is 10.6. The molecule has 0 rings (SSSR count). The van der Waals surface area contributed by atoms with Crippen LogP contribution in [-0.4, -0.2) is 11.2 Å². The van der Waals surface area contributed by atoms with Crippen LogP contribution in [0.25, 0.3) is 0 Å². The molecule has 0 fully saturated rings. The second-order valence-electron chi connectivity index (χ2n) is 4.84. The Morgan fingerprint density at radius 3 is 1.69 bits per heavy atom.